The molecule has 0 aliphatic heterocycles. The van der Waals surface area contributed by atoms with Crippen molar-refractivity contribution in [3.05, 3.63) is 47.3 Å². The number of carboxylic acid groups (broad SMARTS) is 1. The van der Waals surface area contributed by atoms with Crippen molar-refractivity contribution >= 4 is 5.97 Å². The number of hydrogen-bond acceptors (Lipinski definition) is 3. The van der Waals surface area contributed by atoms with Crippen molar-refractivity contribution in [3.63, 3.8) is 0 Å². The van der Waals surface area contributed by atoms with E-state index < -0.39 is 5.97 Å². The zero-order valence-corrected chi connectivity index (χ0v) is 13.4. The number of aromatic carboxylic acids is 1. The van der Waals surface area contributed by atoms with E-state index in [4.69, 9.17) is 4.74 Å². The van der Waals surface area contributed by atoms with Crippen molar-refractivity contribution in [2.45, 2.75) is 51.7 Å². The molecule has 0 unspecified atom stereocenters. The van der Waals surface area contributed by atoms with Gasteiger partial charge in [0.15, 0.2) is 11.4 Å². The molecule has 1 aromatic heterocycles. The molecule has 23 heavy (non-hydrogen) atoms. The molecular weight excluding hydrogens is 292 g/mol. The van der Waals surface area contributed by atoms with Crippen LogP contribution in [0.1, 0.15) is 53.7 Å². The van der Waals surface area contributed by atoms with Gasteiger partial charge in [-0.05, 0) is 38.2 Å². The summed E-state index contributed by atoms with van der Waals surface area (Å²) in [5.74, 6) is -0.614. The monoisotopic (exact) mass is 314 g/mol. The summed E-state index contributed by atoms with van der Waals surface area (Å²) in [7, 11) is 0. The van der Waals surface area contributed by atoms with Crippen LogP contribution in [0.15, 0.2) is 30.5 Å². The lowest BCUT2D eigenvalue weighted by atomic mass is 9.98. The minimum Gasteiger partial charge on any atom is -0.486 e. The quantitative estimate of drug-likeness (QED) is 0.915. The van der Waals surface area contributed by atoms with Gasteiger partial charge in [-0.1, -0.05) is 36.2 Å². The summed E-state index contributed by atoms with van der Waals surface area (Å²) >= 11 is 0. The highest BCUT2D eigenvalue weighted by Gasteiger charge is 2.23. The van der Waals surface area contributed by atoms with Crippen LogP contribution in [0.4, 0.5) is 0 Å². The van der Waals surface area contributed by atoms with Gasteiger partial charge in [0.05, 0.1) is 18.8 Å². The van der Waals surface area contributed by atoms with E-state index in [0.717, 1.165) is 31.2 Å². The van der Waals surface area contributed by atoms with Crippen LogP contribution in [0.5, 0.6) is 5.75 Å². The zero-order chi connectivity index (χ0) is 16.2. The fraction of sp³-hybridized carbons (Fsp3) is 0.444. The van der Waals surface area contributed by atoms with Gasteiger partial charge >= 0.3 is 5.97 Å². The first-order valence-corrected chi connectivity index (χ1v) is 8.15. The molecule has 0 saturated heterocycles. The van der Waals surface area contributed by atoms with Gasteiger partial charge in [-0.3, -0.25) is 4.68 Å². The average molecular weight is 314 g/mol. The molecule has 0 atom stereocenters. The smallest absolute Gasteiger partial charge is 0.358 e. The molecule has 1 aliphatic carbocycles. The van der Waals surface area contributed by atoms with Crippen LogP contribution in [0.25, 0.3) is 0 Å². The maximum Gasteiger partial charge on any atom is 0.358 e. The first kappa shape index (κ1) is 15.6. The number of nitrogens with zero attached hydrogens (tertiary/aromatic N) is 2. The number of rotatable bonds is 5. The summed E-state index contributed by atoms with van der Waals surface area (Å²) in [5, 5.41) is 13.8. The molecule has 0 radical (unpaired) electrons. The lowest BCUT2D eigenvalue weighted by molar-refractivity contribution is 0.0672. The molecule has 122 valence electrons. The second-order valence-corrected chi connectivity index (χ2v) is 6.18. The van der Waals surface area contributed by atoms with Gasteiger partial charge in [-0.25, -0.2) is 4.79 Å². The number of aryl methyl sites for hydroxylation is 1. The Kier molecular flexibility index (Phi) is 4.65. The number of benzene rings is 1. The minimum absolute atomic E-state index is 0.110. The zero-order valence-electron chi connectivity index (χ0n) is 13.4. The first-order valence-electron chi connectivity index (χ1n) is 8.15. The fourth-order valence-electron chi connectivity index (χ4n) is 3.02. The van der Waals surface area contributed by atoms with Crippen LogP contribution < -0.4 is 4.74 Å². The normalized spacial score (nSPS) is 15.5. The van der Waals surface area contributed by atoms with Crippen molar-refractivity contribution in [2.75, 3.05) is 0 Å². The minimum atomic E-state index is -1.000. The third kappa shape index (κ3) is 3.73. The van der Waals surface area contributed by atoms with Gasteiger partial charge in [0.1, 0.15) is 0 Å². The van der Waals surface area contributed by atoms with Crippen molar-refractivity contribution in [1.82, 2.24) is 9.78 Å². The summed E-state index contributed by atoms with van der Waals surface area (Å²) in [6.45, 7) is 2.45. The van der Waals surface area contributed by atoms with Gasteiger partial charge in [-0.15, -0.1) is 0 Å². The summed E-state index contributed by atoms with van der Waals surface area (Å²) in [6.07, 6.45) is 7.14. The van der Waals surface area contributed by atoms with Crippen molar-refractivity contribution in [2.24, 2.45) is 0 Å². The van der Waals surface area contributed by atoms with Crippen LogP contribution >= 0.6 is 0 Å². The lowest BCUT2D eigenvalue weighted by Gasteiger charge is -2.22. The largest absolute Gasteiger partial charge is 0.486 e. The van der Waals surface area contributed by atoms with Gasteiger partial charge in [0, 0.05) is 0 Å². The average Bonchev–Trinajstić information content (AvgIpc) is 2.93. The van der Waals surface area contributed by atoms with E-state index in [1.807, 2.05) is 31.2 Å². The van der Waals surface area contributed by atoms with E-state index in [9.17, 15) is 9.90 Å². The Morgan fingerprint density at radius 1 is 1.26 bits per heavy atom. The topological polar surface area (TPSA) is 64.4 Å². The number of carbonyl (C=O) groups is 1. The third-order valence-electron chi connectivity index (χ3n) is 4.31. The van der Waals surface area contributed by atoms with Crippen molar-refractivity contribution in [3.8, 4) is 5.75 Å². The Balaban J connectivity index is 1.80. The van der Waals surface area contributed by atoms with Gasteiger partial charge in [0.2, 0.25) is 0 Å². The summed E-state index contributed by atoms with van der Waals surface area (Å²) in [5.41, 5.74) is 2.33. The molecule has 1 aromatic carbocycles. The molecule has 1 aliphatic rings. The van der Waals surface area contributed by atoms with Crippen LogP contribution in [-0.2, 0) is 6.54 Å². The molecule has 0 amide bonds. The first-order chi connectivity index (χ1) is 11.1. The fourth-order valence-corrected chi connectivity index (χ4v) is 3.02. The molecular formula is C18H22N2O3. The standard InChI is InChI=1S/C18H22N2O3/c1-13-7-9-14(10-8-13)12-20-17(18(21)22)16(11-19-20)23-15-5-3-2-4-6-15/h7-11,15H,2-6,12H2,1H3,(H,21,22). The highest BCUT2D eigenvalue weighted by atomic mass is 16.5. The molecule has 0 bridgehead atoms. The van der Waals surface area contributed by atoms with Gasteiger partial charge in [-0.2, -0.15) is 5.10 Å². The molecule has 5 heteroatoms. The lowest BCUT2D eigenvalue weighted by Crippen LogP contribution is -2.21. The Bertz CT molecular complexity index is 670. The summed E-state index contributed by atoms with van der Waals surface area (Å²) in [6, 6.07) is 8.01. The predicted molar refractivity (Wildman–Crippen MR) is 87.0 cm³/mol. The predicted octanol–water partition coefficient (Wildman–Crippen LogP) is 3.65. The second-order valence-electron chi connectivity index (χ2n) is 6.18. The van der Waals surface area contributed by atoms with E-state index in [1.165, 1.54) is 22.9 Å². The van der Waals surface area contributed by atoms with Crippen LogP contribution in [-0.4, -0.2) is 27.0 Å². The molecule has 0 spiro atoms. The molecule has 3 rings (SSSR count). The van der Waals surface area contributed by atoms with E-state index in [0.29, 0.717) is 12.3 Å². The summed E-state index contributed by atoms with van der Waals surface area (Å²) < 4.78 is 7.43. The maximum absolute atomic E-state index is 11.6. The Morgan fingerprint density at radius 2 is 1.96 bits per heavy atom. The number of hydrogen-bond donors (Lipinski definition) is 1. The maximum atomic E-state index is 11.6. The second kappa shape index (κ2) is 6.86. The molecule has 1 N–H and O–H groups in total. The molecule has 1 saturated carbocycles. The summed E-state index contributed by atoms with van der Waals surface area (Å²) in [4.78, 5) is 11.6. The Morgan fingerprint density at radius 3 is 2.61 bits per heavy atom. The van der Waals surface area contributed by atoms with E-state index >= 15 is 0 Å². The van der Waals surface area contributed by atoms with Crippen LogP contribution in [0.3, 0.4) is 0 Å². The van der Waals surface area contributed by atoms with E-state index in [1.54, 1.807) is 0 Å². The number of ether oxygens (including phenoxy) is 1. The van der Waals surface area contributed by atoms with Gasteiger partial charge < -0.3 is 9.84 Å². The molecule has 1 heterocycles. The van der Waals surface area contributed by atoms with E-state index in [2.05, 4.69) is 5.10 Å². The number of carboxylic acids is 1. The van der Waals surface area contributed by atoms with Gasteiger partial charge in [0.25, 0.3) is 0 Å². The molecule has 1 fully saturated rings. The van der Waals surface area contributed by atoms with Crippen LogP contribution in [0, 0.1) is 6.92 Å². The Hall–Kier alpha value is -2.30. The molecule has 5 nitrogen and oxygen atoms in total. The SMILES string of the molecule is Cc1ccc(Cn2ncc(OC3CCCCC3)c2C(=O)O)cc1. The van der Waals surface area contributed by atoms with Crippen LogP contribution in [0.2, 0.25) is 0 Å². The molecule has 2 aromatic rings. The van der Waals surface area contributed by atoms with E-state index in [-0.39, 0.29) is 11.8 Å². The third-order valence-corrected chi connectivity index (χ3v) is 4.31. The van der Waals surface area contributed by atoms with Crippen molar-refractivity contribution < 1.29 is 14.6 Å². The van der Waals surface area contributed by atoms with Crippen molar-refractivity contribution in [1.29, 1.82) is 0 Å². The highest BCUT2D eigenvalue weighted by Crippen LogP contribution is 2.26. The Labute approximate surface area is 135 Å². The highest BCUT2D eigenvalue weighted by molar-refractivity contribution is 5.88. The number of aromatic nitrogens is 2.